The summed E-state index contributed by atoms with van der Waals surface area (Å²) < 4.78 is 5.74. The van der Waals surface area contributed by atoms with Crippen LogP contribution in [0.25, 0.3) is 0 Å². The van der Waals surface area contributed by atoms with E-state index in [0.717, 1.165) is 44.9 Å². The van der Waals surface area contributed by atoms with Crippen molar-refractivity contribution < 1.29 is 4.74 Å². The minimum Gasteiger partial charge on any atom is -0.374 e. The Labute approximate surface area is 115 Å². The number of rotatable bonds is 5. The summed E-state index contributed by atoms with van der Waals surface area (Å²) in [5.74, 6) is 0. The molecule has 1 heterocycles. The fourth-order valence-electron chi connectivity index (χ4n) is 2.32. The van der Waals surface area contributed by atoms with E-state index in [9.17, 15) is 0 Å². The van der Waals surface area contributed by atoms with E-state index in [0.29, 0.717) is 5.56 Å². The van der Waals surface area contributed by atoms with Crippen LogP contribution in [-0.2, 0) is 11.3 Å². The van der Waals surface area contributed by atoms with E-state index in [4.69, 9.17) is 10.00 Å². The minimum absolute atomic E-state index is 0.271. The zero-order chi connectivity index (χ0) is 13.5. The average Bonchev–Trinajstić information content (AvgIpc) is 2.48. The first-order valence-electron chi connectivity index (χ1n) is 6.85. The van der Waals surface area contributed by atoms with Crippen LogP contribution in [0.3, 0.4) is 0 Å². The summed E-state index contributed by atoms with van der Waals surface area (Å²) in [7, 11) is 0. The fourth-order valence-corrected chi connectivity index (χ4v) is 2.32. The first-order valence-corrected chi connectivity index (χ1v) is 6.85. The summed E-state index contributed by atoms with van der Waals surface area (Å²) in [6.07, 6.45) is 0.271. The number of ether oxygens (including phenoxy) is 1. The van der Waals surface area contributed by atoms with E-state index < -0.39 is 0 Å². The Morgan fingerprint density at radius 2 is 2.42 bits per heavy atom. The van der Waals surface area contributed by atoms with Gasteiger partial charge in [-0.05, 0) is 24.2 Å². The third-order valence-electron chi connectivity index (χ3n) is 3.43. The Morgan fingerprint density at radius 1 is 1.53 bits per heavy atom. The second-order valence-corrected chi connectivity index (χ2v) is 4.83. The number of morpholine rings is 1. The van der Waals surface area contributed by atoms with Crippen molar-refractivity contribution >= 4 is 0 Å². The summed E-state index contributed by atoms with van der Waals surface area (Å²) in [6, 6.07) is 9.87. The topological polar surface area (TPSA) is 48.3 Å². The summed E-state index contributed by atoms with van der Waals surface area (Å²) in [6.45, 7) is 7.77. The molecule has 1 saturated heterocycles. The molecule has 1 N–H and O–H groups in total. The number of benzene rings is 1. The number of hydrogen-bond acceptors (Lipinski definition) is 4. The lowest BCUT2D eigenvalue weighted by Crippen LogP contribution is -2.46. The van der Waals surface area contributed by atoms with Crippen LogP contribution in [0.5, 0.6) is 0 Å². The molecular formula is C15H21N3O. The summed E-state index contributed by atoms with van der Waals surface area (Å²) >= 11 is 0. The molecule has 4 nitrogen and oxygen atoms in total. The largest absolute Gasteiger partial charge is 0.374 e. The van der Waals surface area contributed by atoms with E-state index in [1.807, 2.05) is 24.3 Å². The Hall–Kier alpha value is -1.41. The van der Waals surface area contributed by atoms with Crippen LogP contribution in [0.4, 0.5) is 0 Å². The highest BCUT2D eigenvalue weighted by atomic mass is 16.5. The molecule has 102 valence electrons. The number of hydrogen-bond donors (Lipinski definition) is 1. The molecule has 0 amide bonds. The molecule has 1 aromatic rings. The Kier molecular flexibility index (Phi) is 5.34. The molecule has 1 aliphatic rings. The normalized spacial score (nSPS) is 20.1. The van der Waals surface area contributed by atoms with Gasteiger partial charge >= 0.3 is 0 Å². The van der Waals surface area contributed by atoms with E-state index in [1.54, 1.807) is 0 Å². The van der Waals surface area contributed by atoms with Gasteiger partial charge in [-0.3, -0.25) is 4.90 Å². The summed E-state index contributed by atoms with van der Waals surface area (Å²) in [5.41, 5.74) is 1.85. The van der Waals surface area contributed by atoms with Crippen molar-refractivity contribution in [3.8, 4) is 6.07 Å². The van der Waals surface area contributed by atoms with Gasteiger partial charge in [0.05, 0.1) is 24.3 Å². The van der Waals surface area contributed by atoms with Gasteiger partial charge in [0.25, 0.3) is 0 Å². The number of nitrogens with zero attached hydrogens (tertiary/aromatic N) is 2. The summed E-state index contributed by atoms with van der Waals surface area (Å²) in [4.78, 5) is 2.41. The van der Waals surface area contributed by atoms with Gasteiger partial charge in [0.2, 0.25) is 0 Å². The zero-order valence-corrected chi connectivity index (χ0v) is 11.4. The maximum absolute atomic E-state index is 8.85. The molecule has 0 bridgehead atoms. The predicted molar refractivity (Wildman–Crippen MR) is 74.7 cm³/mol. The molecule has 19 heavy (non-hydrogen) atoms. The molecule has 2 rings (SSSR count). The lowest BCUT2D eigenvalue weighted by Gasteiger charge is -2.32. The van der Waals surface area contributed by atoms with Gasteiger partial charge in [-0.15, -0.1) is 0 Å². The smallest absolute Gasteiger partial charge is 0.0991 e. The Morgan fingerprint density at radius 3 is 3.21 bits per heavy atom. The fraction of sp³-hybridized carbons (Fsp3) is 0.533. The van der Waals surface area contributed by atoms with Crippen molar-refractivity contribution in [1.82, 2.24) is 10.2 Å². The highest BCUT2D eigenvalue weighted by molar-refractivity contribution is 5.32. The monoisotopic (exact) mass is 259 g/mol. The zero-order valence-electron chi connectivity index (χ0n) is 11.4. The molecule has 0 spiro atoms. The Bertz CT molecular complexity index is 441. The van der Waals surface area contributed by atoms with Crippen molar-refractivity contribution in [3.05, 3.63) is 35.4 Å². The van der Waals surface area contributed by atoms with E-state index in [-0.39, 0.29) is 6.10 Å². The van der Waals surface area contributed by atoms with Crippen LogP contribution in [0.1, 0.15) is 18.1 Å². The Balaban J connectivity index is 1.75. The third kappa shape index (κ3) is 4.32. The van der Waals surface area contributed by atoms with Gasteiger partial charge < -0.3 is 10.1 Å². The second-order valence-electron chi connectivity index (χ2n) is 4.83. The SMILES string of the molecule is CCN1CCO[C@H](CNCc2cccc(C#N)c2)C1. The van der Waals surface area contributed by atoms with Crippen molar-refractivity contribution in [2.24, 2.45) is 0 Å². The molecule has 0 radical (unpaired) electrons. The molecular weight excluding hydrogens is 238 g/mol. The van der Waals surface area contributed by atoms with Crippen molar-refractivity contribution in [1.29, 1.82) is 5.26 Å². The van der Waals surface area contributed by atoms with E-state index in [1.165, 1.54) is 0 Å². The highest BCUT2D eigenvalue weighted by Crippen LogP contribution is 2.06. The van der Waals surface area contributed by atoms with Crippen LogP contribution in [0, 0.1) is 11.3 Å². The first kappa shape index (κ1) is 14.0. The lowest BCUT2D eigenvalue weighted by molar-refractivity contribution is -0.0253. The molecule has 0 unspecified atom stereocenters. The van der Waals surface area contributed by atoms with Gasteiger partial charge in [0.15, 0.2) is 0 Å². The van der Waals surface area contributed by atoms with Gasteiger partial charge in [-0.1, -0.05) is 19.1 Å². The molecule has 4 heteroatoms. The van der Waals surface area contributed by atoms with Gasteiger partial charge in [-0.2, -0.15) is 5.26 Å². The molecule has 1 aliphatic heterocycles. The molecule has 1 fully saturated rings. The van der Waals surface area contributed by atoms with Gasteiger partial charge in [0.1, 0.15) is 0 Å². The standard InChI is InChI=1S/C15H21N3O/c1-2-18-6-7-19-15(12-18)11-17-10-14-5-3-4-13(8-14)9-16/h3-5,8,15,17H,2,6-7,10-12H2,1H3/t15-/m1/s1. The minimum atomic E-state index is 0.271. The quantitative estimate of drug-likeness (QED) is 0.867. The van der Waals surface area contributed by atoms with Crippen LogP contribution < -0.4 is 5.32 Å². The van der Waals surface area contributed by atoms with Crippen molar-refractivity contribution in [2.75, 3.05) is 32.8 Å². The van der Waals surface area contributed by atoms with Crippen LogP contribution in [0.15, 0.2) is 24.3 Å². The maximum atomic E-state index is 8.85. The van der Waals surface area contributed by atoms with E-state index in [2.05, 4.69) is 23.2 Å². The number of likely N-dealkylation sites (N-methyl/N-ethyl adjacent to an activating group) is 1. The molecule has 1 aromatic carbocycles. The third-order valence-corrected chi connectivity index (χ3v) is 3.43. The van der Waals surface area contributed by atoms with Gasteiger partial charge in [-0.25, -0.2) is 0 Å². The van der Waals surface area contributed by atoms with Crippen molar-refractivity contribution in [3.63, 3.8) is 0 Å². The first-order chi connectivity index (χ1) is 9.31. The van der Waals surface area contributed by atoms with Crippen LogP contribution in [-0.4, -0.2) is 43.8 Å². The molecule has 0 saturated carbocycles. The predicted octanol–water partition coefficient (Wildman–Crippen LogP) is 1.37. The maximum Gasteiger partial charge on any atom is 0.0991 e. The van der Waals surface area contributed by atoms with Crippen LogP contribution >= 0.6 is 0 Å². The van der Waals surface area contributed by atoms with Gasteiger partial charge in [0, 0.05) is 26.2 Å². The highest BCUT2D eigenvalue weighted by Gasteiger charge is 2.18. The van der Waals surface area contributed by atoms with Crippen LogP contribution in [0.2, 0.25) is 0 Å². The lowest BCUT2D eigenvalue weighted by atomic mass is 10.1. The van der Waals surface area contributed by atoms with E-state index >= 15 is 0 Å². The molecule has 0 aromatic heterocycles. The second kappa shape index (κ2) is 7.25. The number of nitriles is 1. The number of nitrogens with one attached hydrogen (secondary N) is 1. The van der Waals surface area contributed by atoms with Crippen molar-refractivity contribution in [2.45, 2.75) is 19.6 Å². The average molecular weight is 259 g/mol. The molecule has 0 aliphatic carbocycles. The summed E-state index contributed by atoms with van der Waals surface area (Å²) in [5, 5.41) is 12.3. The molecule has 1 atom stereocenters.